The number of hydrogen-bond donors (Lipinski definition) is 1. The SMILES string of the molecule is Cc1ccc(OCC(=O)Nc2ccccc2[N+](=O)[O-])c(C(C)(C)C)c1. The topological polar surface area (TPSA) is 81.5 Å². The molecule has 0 bridgehead atoms. The number of nitro benzene ring substituents is 1. The Morgan fingerprint density at radius 3 is 2.52 bits per heavy atom. The van der Waals surface area contributed by atoms with Crippen molar-refractivity contribution in [2.75, 3.05) is 11.9 Å². The Labute approximate surface area is 147 Å². The highest BCUT2D eigenvalue weighted by Gasteiger charge is 2.20. The maximum atomic E-state index is 12.1. The van der Waals surface area contributed by atoms with Gasteiger partial charge in [-0.3, -0.25) is 14.9 Å². The molecule has 0 fully saturated rings. The standard InChI is InChI=1S/C19H22N2O4/c1-13-9-10-17(14(11-13)19(2,3)4)25-12-18(22)20-15-7-5-6-8-16(15)21(23)24/h5-11H,12H2,1-4H3,(H,20,22). The first kappa shape index (κ1) is 18.4. The van der Waals surface area contributed by atoms with E-state index in [1.807, 2.05) is 25.1 Å². The molecule has 0 aliphatic rings. The normalized spacial score (nSPS) is 11.0. The zero-order chi connectivity index (χ0) is 18.6. The van der Waals surface area contributed by atoms with E-state index >= 15 is 0 Å². The molecular weight excluding hydrogens is 320 g/mol. The van der Waals surface area contributed by atoms with Crippen molar-refractivity contribution in [3.8, 4) is 5.75 Å². The highest BCUT2D eigenvalue weighted by molar-refractivity contribution is 5.94. The van der Waals surface area contributed by atoms with Crippen molar-refractivity contribution in [3.05, 3.63) is 63.7 Å². The summed E-state index contributed by atoms with van der Waals surface area (Å²) in [7, 11) is 0. The second-order valence-corrected chi connectivity index (χ2v) is 6.86. The molecule has 1 amide bonds. The molecule has 0 atom stereocenters. The third kappa shape index (κ3) is 4.79. The van der Waals surface area contributed by atoms with Crippen LogP contribution in [0.2, 0.25) is 0 Å². The van der Waals surface area contributed by atoms with E-state index in [9.17, 15) is 14.9 Å². The van der Waals surface area contributed by atoms with E-state index in [0.717, 1.165) is 11.1 Å². The number of amides is 1. The van der Waals surface area contributed by atoms with E-state index in [4.69, 9.17) is 4.74 Å². The maximum Gasteiger partial charge on any atom is 0.292 e. The minimum atomic E-state index is -0.534. The van der Waals surface area contributed by atoms with Gasteiger partial charge in [-0.25, -0.2) is 0 Å². The van der Waals surface area contributed by atoms with Gasteiger partial charge in [-0.15, -0.1) is 0 Å². The summed E-state index contributed by atoms with van der Waals surface area (Å²) >= 11 is 0. The predicted octanol–water partition coefficient (Wildman–Crippen LogP) is 4.22. The summed E-state index contributed by atoms with van der Waals surface area (Å²) in [6, 6.07) is 11.8. The Kier molecular flexibility index (Phi) is 5.41. The number of nitrogens with one attached hydrogen (secondary N) is 1. The van der Waals surface area contributed by atoms with Gasteiger partial charge in [0.05, 0.1) is 4.92 Å². The Bertz CT molecular complexity index is 794. The quantitative estimate of drug-likeness (QED) is 0.651. The lowest BCUT2D eigenvalue weighted by atomic mass is 9.85. The monoisotopic (exact) mass is 342 g/mol. The van der Waals surface area contributed by atoms with Gasteiger partial charge in [0.15, 0.2) is 6.61 Å². The van der Waals surface area contributed by atoms with Gasteiger partial charge in [0.2, 0.25) is 0 Å². The largest absolute Gasteiger partial charge is 0.483 e. The molecular formula is C19H22N2O4. The van der Waals surface area contributed by atoms with E-state index in [0.29, 0.717) is 5.75 Å². The molecule has 0 heterocycles. The van der Waals surface area contributed by atoms with E-state index in [1.165, 1.54) is 12.1 Å². The Hall–Kier alpha value is -2.89. The number of rotatable bonds is 5. The van der Waals surface area contributed by atoms with Gasteiger partial charge in [0.25, 0.3) is 11.6 Å². The van der Waals surface area contributed by atoms with Crippen molar-refractivity contribution in [3.63, 3.8) is 0 Å². The minimum Gasteiger partial charge on any atom is -0.483 e. The molecule has 0 aliphatic carbocycles. The Morgan fingerprint density at radius 1 is 1.20 bits per heavy atom. The molecule has 0 radical (unpaired) electrons. The molecule has 2 rings (SSSR count). The number of aryl methyl sites for hydroxylation is 1. The van der Waals surface area contributed by atoms with Crippen LogP contribution < -0.4 is 10.1 Å². The first-order valence-electron chi connectivity index (χ1n) is 7.95. The number of anilines is 1. The van der Waals surface area contributed by atoms with Gasteiger partial charge in [-0.1, -0.05) is 50.6 Å². The smallest absolute Gasteiger partial charge is 0.292 e. The van der Waals surface area contributed by atoms with Crippen LogP contribution in [0, 0.1) is 17.0 Å². The number of benzene rings is 2. The lowest BCUT2D eigenvalue weighted by Crippen LogP contribution is -2.22. The lowest BCUT2D eigenvalue weighted by Gasteiger charge is -2.23. The number of nitrogens with zero attached hydrogens (tertiary/aromatic N) is 1. The van der Waals surface area contributed by atoms with Crippen molar-refractivity contribution in [2.24, 2.45) is 0 Å². The Morgan fingerprint density at radius 2 is 1.88 bits per heavy atom. The Balaban J connectivity index is 2.10. The van der Waals surface area contributed by atoms with Gasteiger partial charge in [0.1, 0.15) is 11.4 Å². The summed E-state index contributed by atoms with van der Waals surface area (Å²) in [5, 5.41) is 13.5. The molecule has 25 heavy (non-hydrogen) atoms. The van der Waals surface area contributed by atoms with E-state index in [1.54, 1.807) is 12.1 Å². The third-order valence-corrected chi connectivity index (χ3v) is 3.68. The first-order chi connectivity index (χ1) is 11.7. The maximum absolute atomic E-state index is 12.1. The van der Waals surface area contributed by atoms with Crippen LogP contribution in [0.15, 0.2) is 42.5 Å². The molecule has 2 aromatic rings. The van der Waals surface area contributed by atoms with Crippen LogP contribution in [0.4, 0.5) is 11.4 Å². The molecule has 0 unspecified atom stereocenters. The number of carbonyl (C=O) groups excluding carboxylic acids is 1. The van der Waals surface area contributed by atoms with Crippen LogP contribution in [-0.4, -0.2) is 17.4 Å². The van der Waals surface area contributed by atoms with Crippen molar-refractivity contribution >= 4 is 17.3 Å². The first-order valence-corrected chi connectivity index (χ1v) is 7.95. The number of carbonyl (C=O) groups is 1. The molecule has 0 aliphatic heterocycles. The lowest BCUT2D eigenvalue weighted by molar-refractivity contribution is -0.383. The summed E-state index contributed by atoms with van der Waals surface area (Å²) in [4.78, 5) is 22.6. The second-order valence-electron chi connectivity index (χ2n) is 6.86. The molecule has 0 saturated carbocycles. The highest BCUT2D eigenvalue weighted by Crippen LogP contribution is 2.32. The third-order valence-electron chi connectivity index (χ3n) is 3.68. The van der Waals surface area contributed by atoms with Gasteiger partial charge in [-0.2, -0.15) is 0 Å². The zero-order valence-electron chi connectivity index (χ0n) is 14.8. The van der Waals surface area contributed by atoms with Gasteiger partial charge in [0, 0.05) is 6.07 Å². The highest BCUT2D eigenvalue weighted by atomic mass is 16.6. The van der Waals surface area contributed by atoms with Crippen LogP contribution in [0.1, 0.15) is 31.9 Å². The summed E-state index contributed by atoms with van der Waals surface area (Å²) in [6.07, 6.45) is 0. The van der Waals surface area contributed by atoms with E-state index < -0.39 is 10.8 Å². The number of ether oxygens (including phenoxy) is 1. The number of para-hydroxylation sites is 2. The molecule has 132 valence electrons. The minimum absolute atomic E-state index is 0.129. The summed E-state index contributed by atoms with van der Waals surface area (Å²) < 4.78 is 5.67. The predicted molar refractivity (Wildman–Crippen MR) is 97.1 cm³/mol. The fraction of sp³-hybridized carbons (Fsp3) is 0.316. The number of nitro groups is 1. The molecule has 0 spiro atoms. The number of hydrogen-bond acceptors (Lipinski definition) is 4. The fourth-order valence-corrected chi connectivity index (χ4v) is 2.42. The molecule has 2 aromatic carbocycles. The summed E-state index contributed by atoms with van der Waals surface area (Å²) in [5.41, 5.74) is 1.99. The second kappa shape index (κ2) is 7.34. The van der Waals surface area contributed by atoms with Crippen molar-refractivity contribution in [1.82, 2.24) is 0 Å². The van der Waals surface area contributed by atoms with Crippen LogP contribution in [0.5, 0.6) is 5.75 Å². The van der Waals surface area contributed by atoms with E-state index in [2.05, 4.69) is 26.1 Å². The van der Waals surface area contributed by atoms with E-state index in [-0.39, 0.29) is 23.4 Å². The zero-order valence-corrected chi connectivity index (χ0v) is 14.8. The van der Waals surface area contributed by atoms with Crippen LogP contribution in [0.25, 0.3) is 0 Å². The van der Waals surface area contributed by atoms with Crippen molar-refractivity contribution in [2.45, 2.75) is 33.1 Å². The van der Waals surface area contributed by atoms with Gasteiger partial charge < -0.3 is 10.1 Å². The van der Waals surface area contributed by atoms with Gasteiger partial charge in [-0.05, 0) is 30.0 Å². The fourth-order valence-electron chi connectivity index (χ4n) is 2.42. The molecule has 6 nitrogen and oxygen atoms in total. The van der Waals surface area contributed by atoms with Crippen LogP contribution >= 0.6 is 0 Å². The molecule has 0 saturated heterocycles. The van der Waals surface area contributed by atoms with Crippen LogP contribution in [0.3, 0.4) is 0 Å². The summed E-state index contributed by atoms with van der Waals surface area (Å²) in [5.74, 6) is 0.186. The average Bonchev–Trinajstić information content (AvgIpc) is 2.53. The summed E-state index contributed by atoms with van der Waals surface area (Å²) in [6.45, 7) is 7.99. The van der Waals surface area contributed by atoms with Gasteiger partial charge >= 0.3 is 0 Å². The van der Waals surface area contributed by atoms with Crippen LogP contribution in [-0.2, 0) is 10.2 Å². The molecule has 0 aromatic heterocycles. The molecule has 1 N–H and O–H groups in total. The van der Waals surface area contributed by atoms with Crippen molar-refractivity contribution in [1.29, 1.82) is 0 Å². The van der Waals surface area contributed by atoms with Crippen molar-refractivity contribution < 1.29 is 14.5 Å². The average molecular weight is 342 g/mol. The molecule has 6 heteroatoms.